The lowest BCUT2D eigenvalue weighted by atomic mass is 10.1. The minimum atomic E-state index is -2.81. The van der Waals surface area contributed by atoms with Crippen molar-refractivity contribution in [2.45, 2.75) is 65.2 Å². The van der Waals surface area contributed by atoms with Gasteiger partial charge in [-0.25, -0.2) is 0 Å². The summed E-state index contributed by atoms with van der Waals surface area (Å²) < 4.78 is 36.7. The predicted octanol–water partition coefficient (Wildman–Crippen LogP) is 3.25. The fourth-order valence-electron chi connectivity index (χ4n) is 1.94. The van der Waals surface area contributed by atoms with Gasteiger partial charge in [0.25, 0.3) is 11.7 Å². The monoisotopic (exact) mass is 359 g/mol. The van der Waals surface area contributed by atoms with Crippen molar-refractivity contribution in [2.75, 3.05) is 0 Å². The Labute approximate surface area is 146 Å². The van der Waals surface area contributed by atoms with Crippen LogP contribution in [-0.4, -0.2) is 27.8 Å². The van der Waals surface area contributed by atoms with Gasteiger partial charge in [-0.15, -0.1) is 0 Å². The van der Waals surface area contributed by atoms with Gasteiger partial charge in [0.2, 0.25) is 0 Å². The fourth-order valence-corrected chi connectivity index (χ4v) is 2.34. The topological polar surface area (TPSA) is 70.6 Å². The zero-order chi connectivity index (χ0) is 18.5. The second kappa shape index (κ2) is 8.18. The second-order valence-electron chi connectivity index (χ2n) is 7.49. The zero-order valence-electron chi connectivity index (χ0n) is 15.0. The number of esters is 1. The molecule has 0 aromatic heterocycles. The van der Waals surface area contributed by atoms with Crippen molar-refractivity contribution in [3.05, 3.63) is 29.8 Å². The summed E-state index contributed by atoms with van der Waals surface area (Å²) in [4.78, 5) is 12.1. The molecule has 0 saturated carbocycles. The van der Waals surface area contributed by atoms with Gasteiger partial charge in [-0.2, -0.15) is 0 Å². The average molecular weight is 359 g/mol. The third-order valence-electron chi connectivity index (χ3n) is 2.71. The highest BCUT2D eigenvalue weighted by Crippen LogP contribution is 2.20. The molecule has 0 heterocycles. The molecule has 7 heteroatoms. The van der Waals surface area contributed by atoms with Gasteiger partial charge in [-0.05, 0) is 59.2 Å². The van der Waals surface area contributed by atoms with Crippen molar-refractivity contribution in [3.63, 3.8) is 0 Å². The normalized spacial score (nSPS) is 14.8. The van der Waals surface area contributed by atoms with E-state index in [1.807, 2.05) is 20.8 Å². The number of ether oxygens (including phenoxy) is 2. The number of carbonyl (C=O) groups is 1. The lowest BCUT2D eigenvalue weighted by molar-refractivity contribution is -0.156. The van der Waals surface area contributed by atoms with Crippen molar-refractivity contribution < 1.29 is 22.7 Å². The van der Waals surface area contributed by atoms with Gasteiger partial charge in [0.1, 0.15) is 17.0 Å². The molecule has 0 amide bonds. The molecular weight excluding hydrogens is 333 g/mol. The lowest BCUT2D eigenvalue weighted by Crippen LogP contribution is -2.44. The highest BCUT2D eigenvalue weighted by Gasteiger charge is 2.29. The predicted molar refractivity (Wildman–Crippen MR) is 92.5 cm³/mol. The molecule has 0 aliphatic heterocycles. The molecule has 0 aliphatic carbocycles. The first-order valence-electron chi connectivity index (χ1n) is 7.71. The molecule has 1 aromatic carbocycles. The zero-order valence-corrected chi connectivity index (χ0v) is 15.8. The minimum Gasteiger partial charge on any atom is -0.561 e. The van der Waals surface area contributed by atoms with Gasteiger partial charge < -0.3 is 14.0 Å². The van der Waals surface area contributed by atoms with E-state index in [1.54, 1.807) is 45.0 Å². The maximum Gasteiger partial charge on any atom is 0.328 e. The van der Waals surface area contributed by atoms with Crippen LogP contribution in [0.4, 0.5) is 3.89 Å². The van der Waals surface area contributed by atoms with Gasteiger partial charge in [-0.1, -0.05) is 16.9 Å². The van der Waals surface area contributed by atoms with E-state index < -0.39 is 29.4 Å². The van der Waals surface area contributed by atoms with Crippen molar-refractivity contribution in [2.24, 2.45) is 0 Å². The van der Waals surface area contributed by atoms with Crippen LogP contribution in [0.1, 0.15) is 47.1 Å². The molecule has 24 heavy (non-hydrogen) atoms. The van der Waals surface area contributed by atoms with Crippen molar-refractivity contribution in [3.8, 4) is 5.75 Å². The number of benzene rings is 1. The molecule has 2 atom stereocenters. The number of carbonyl (C=O) groups excluding carboxylic acids is 1. The number of nitrogens with one attached hydrogen (secondary N) is 1. The summed E-state index contributed by atoms with van der Waals surface area (Å²) in [6.45, 7) is 11.0. The highest BCUT2D eigenvalue weighted by atomic mass is 32.3. The standard InChI is InChI=1S/C17H26FNO4S/c1-16(2,3)22-13-9-7-12(8-10-13)11-14(19-24(18)21)15(20)23-17(4,5)6/h7-10,14,19H,11H2,1-6H3. The van der Waals surface area contributed by atoms with Crippen LogP contribution in [-0.2, 0) is 27.7 Å². The van der Waals surface area contributed by atoms with Gasteiger partial charge in [0.05, 0.1) is 0 Å². The van der Waals surface area contributed by atoms with Crippen LogP contribution in [0.3, 0.4) is 0 Å². The van der Waals surface area contributed by atoms with Gasteiger partial charge in [0.15, 0.2) is 6.04 Å². The fraction of sp³-hybridized carbons (Fsp3) is 0.588. The summed E-state index contributed by atoms with van der Waals surface area (Å²) >= 11 is -2.81. The Morgan fingerprint density at radius 2 is 1.71 bits per heavy atom. The number of rotatable bonds is 6. The van der Waals surface area contributed by atoms with Crippen LogP contribution in [0.2, 0.25) is 0 Å². The first-order chi connectivity index (χ1) is 10.9. The number of halogens is 1. The van der Waals surface area contributed by atoms with E-state index in [-0.39, 0.29) is 12.0 Å². The second-order valence-corrected chi connectivity index (χ2v) is 8.17. The van der Waals surface area contributed by atoms with Crippen LogP contribution in [0.15, 0.2) is 24.3 Å². The summed E-state index contributed by atoms with van der Waals surface area (Å²) in [7, 11) is 0. The van der Waals surface area contributed by atoms with Gasteiger partial charge in [-0.3, -0.25) is 4.79 Å². The Hall–Kier alpha value is -1.31. The Bertz CT molecular complexity index is 535. The Morgan fingerprint density at radius 3 is 2.12 bits per heavy atom. The van der Waals surface area contributed by atoms with E-state index >= 15 is 0 Å². The minimum absolute atomic E-state index is 0.153. The first kappa shape index (κ1) is 20.7. The van der Waals surface area contributed by atoms with E-state index in [0.717, 1.165) is 5.56 Å². The molecule has 0 radical (unpaired) electrons. The molecule has 136 valence electrons. The van der Waals surface area contributed by atoms with Crippen molar-refractivity contribution in [1.82, 2.24) is 4.72 Å². The van der Waals surface area contributed by atoms with Crippen molar-refractivity contribution >= 4 is 17.7 Å². The Morgan fingerprint density at radius 1 is 1.17 bits per heavy atom. The molecule has 0 fully saturated rings. The van der Waals surface area contributed by atoms with E-state index in [1.165, 1.54) is 0 Å². The summed E-state index contributed by atoms with van der Waals surface area (Å²) in [5.74, 6) is 0.0469. The van der Waals surface area contributed by atoms with Crippen LogP contribution in [0.5, 0.6) is 5.75 Å². The number of hydrogen-bond acceptors (Lipinski definition) is 5. The molecule has 0 saturated heterocycles. The molecule has 1 rings (SSSR count). The Kier molecular flexibility index (Phi) is 7.07. The maximum atomic E-state index is 12.8. The SMILES string of the molecule is CC(C)(C)OC(=O)C(Cc1ccc(OC(C)(C)C)cc1)N[S+]([O-])F. The van der Waals surface area contributed by atoms with Crippen molar-refractivity contribution in [1.29, 1.82) is 0 Å². The van der Waals surface area contributed by atoms with E-state index in [0.29, 0.717) is 5.75 Å². The van der Waals surface area contributed by atoms with E-state index in [9.17, 15) is 13.2 Å². The van der Waals surface area contributed by atoms with Crippen LogP contribution in [0, 0.1) is 0 Å². The van der Waals surface area contributed by atoms with Crippen LogP contribution >= 0.6 is 0 Å². The Balaban J connectivity index is 2.81. The maximum absolute atomic E-state index is 12.8. The largest absolute Gasteiger partial charge is 0.561 e. The molecule has 1 N–H and O–H groups in total. The average Bonchev–Trinajstić information content (AvgIpc) is 2.36. The van der Waals surface area contributed by atoms with E-state index in [2.05, 4.69) is 4.72 Å². The van der Waals surface area contributed by atoms with E-state index in [4.69, 9.17) is 9.47 Å². The molecule has 2 unspecified atom stereocenters. The van der Waals surface area contributed by atoms with Gasteiger partial charge in [0, 0.05) is 10.3 Å². The molecule has 0 spiro atoms. The van der Waals surface area contributed by atoms with Crippen LogP contribution < -0.4 is 9.46 Å². The lowest BCUT2D eigenvalue weighted by Gasteiger charge is -2.23. The third-order valence-corrected chi connectivity index (χ3v) is 3.18. The quantitative estimate of drug-likeness (QED) is 0.624. The first-order valence-corrected chi connectivity index (χ1v) is 8.76. The highest BCUT2D eigenvalue weighted by molar-refractivity contribution is 7.84. The summed E-state index contributed by atoms with van der Waals surface area (Å²) in [6, 6.07) is 6.07. The third kappa shape index (κ3) is 8.52. The molecular formula is C17H26FNO4S. The summed E-state index contributed by atoms with van der Waals surface area (Å²) in [5.41, 5.74) is -0.253. The van der Waals surface area contributed by atoms with Crippen LogP contribution in [0.25, 0.3) is 0 Å². The molecule has 1 aromatic rings. The molecule has 5 nitrogen and oxygen atoms in total. The molecule has 0 aliphatic rings. The number of hydrogen-bond donors (Lipinski definition) is 1. The summed E-state index contributed by atoms with van der Waals surface area (Å²) in [5, 5.41) is 0. The molecule has 0 bridgehead atoms. The summed E-state index contributed by atoms with van der Waals surface area (Å²) in [6.07, 6.45) is 0.153. The van der Waals surface area contributed by atoms with Gasteiger partial charge >= 0.3 is 5.97 Å². The smallest absolute Gasteiger partial charge is 0.328 e.